The van der Waals surface area contributed by atoms with Gasteiger partial charge in [0.25, 0.3) is 11.7 Å². The number of hydrogen-bond acceptors (Lipinski definition) is 8. The summed E-state index contributed by atoms with van der Waals surface area (Å²) in [4.78, 5) is 16.4. The fourth-order valence-electron chi connectivity index (χ4n) is 3.50. The van der Waals surface area contributed by atoms with Gasteiger partial charge < -0.3 is 14.6 Å². The number of aryl methyl sites for hydroxylation is 1. The summed E-state index contributed by atoms with van der Waals surface area (Å²) in [6.45, 7) is 1.74. The summed E-state index contributed by atoms with van der Waals surface area (Å²) in [5.41, 5.74) is 6.21. The van der Waals surface area contributed by atoms with Crippen molar-refractivity contribution in [1.29, 1.82) is 0 Å². The zero-order chi connectivity index (χ0) is 18.9. The van der Waals surface area contributed by atoms with Crippen LogP contribution in [0.25, 0.3) is 0 Å². The van der Waals surface area contributed by atoms with E-state index < -0.39 is 17.7 Å². The van der Waals surface area contributed by atoms with E-state index in [-0.39, 0.29) is 13.1 Å². The van der Waals surface area contributed by atoms with Crippen LogP contribution in [0.1, 0.15) is 44.4 Å². The minimum absolute atomic E-state index is 0. The number of aliphatic hydroxyl groups excluding tert-OH is 1. The van der Waals surface area contributed by atoms with E-state index in [1.165, 1.54) is 5.56 Å². The summed E-state index contributed by atoms with van der Waals surface area (Å²) < 4.78 is 11.2. The highest BCUT2D eigenvalue weighted by molar-refractivity contribution is 5.89. The highest BCUT2D eigenvalue weighted by Crippen LogP contribution is 2.43. The van der Waals surface area contributed by atoms with Gasteiger partial charge in [-0.3, -0.25) is 16.0 Å². The van der Waals surface area contributed by atoms with Crippen molar-refractivity contribution in [1.82, 2.24) is 20.6 Å². The molecule has 1 aromatic carbocycles. The Hall–Kier alpha value is -3.23. The molecular formula is C18H23N5O4. The molecule has 2 heterocycles. The maximum absolute atomic E-state index is 12.4. The second kappa shape index (κ2) is 6.82. The van der Waals surface area contributed by atoms with Crippen LogP contribution in [0.4, 0.5) is 5.95 Å². The molecule has 4 N–H and O–H groups in total. The van der Waals surface area contributed by atoms with Gasteiger partial charge in [-0.25, -0.2) is 4.79 Å². The Labute approximate surface area is 157 Å². The lowest BCUT2D eigenvalue weighted by molar-refractivity contribution is -0.251. The predicted octanol–water partition coefficient (Wildman–Crippen LogP) is 2.63. The number of rotatable bonds is 4. The average molecular weight is 373 g/mol. The van der Waals surface area contributed by atoms with Crippen LogP contribution < -0.4 is 10.9 Å². The Bertz CT molecular complexity index is 862. The molecule has 2 aromatic rings. The highest BCUT2D eigenvalue weighted by Gasteiger charge is 2.47. The van der Waals surface area contributed by atoms with E-state index in [2.05, 4.69) is 38.2 Å². The van der Waals surface area contributed by atoms with Crippen LogP contribution in [0.3, 0.4) is 0 Å². The number of H-pyrrole nitrogens is 1. The maximum Gasteiger partial charge on any atom is 0.367 e. The summed E-state index contributed by atoms with van der Waals surface area (Å²) in [6, 6.07) is 10.2. The van der Waals surface area contributed by atoms with Crippen LogP contribution in [0.2, 0.25) is 0 Å². The molecule has 1 fully saturated rings. The molecule has 27 heavy (non-hydrogen) atoms. The van der Waals surface area contributed by atoms with Gasteiger partial charge in [0, 0.05) is 14.3 Å². The van der Waals surface area contributed by atoms with Crippen LogP contribution in [0.5, 0.6) is 0 Å². The van der Waals surface area contributed by atoms with Crippen molar-refractivity contribution in [2.45, 2.75) is 44.3 Å². The number of aromatic nitrogens is 3. The van der Waals surface area contributed by atoms with E-state index in [0.29, 0.717) is 24.6 Å². The lowest BCUT2D eigenvalue weighted by Gasteiger charge is -2.41. The van der Waals surface area contributed by atoms with Crippen molar-refractivity contribution in [3.63, 3.8) is 0 Å². The van der Waals surface area contributed by atoms with Crippen molar-refractivity contribution >= 4 is 11.9 Å². The Balaban J connectivity index is 0.00000225. The summed E-state index contributed by atoms with van der Waals surface area (Å²) in [7, 11) is 0. The zero-order valence-corrected chi connectivity index (χ0v) is 14.9. The molecule has 9 nitrogen and oxygen atoms in total. The molecule has 1 aliphatic heterocycles. The molecule has 1 spiro atoms. The van der Waals surface area contributed by atoms with Gasteiger partial charge in [-0.05, 0) is 31.2 Å². The molecule has 9 heteroatoms. The third-order valence-corrected chi connectivity index (χ3v) is 4.89. The zero-order valence-electron chi connectivity index (χ0n) is 14.9. The van der Waals surface area contributed by atoms with E-state index in [4.69, 9.17) is 9.47 Å². The number of nitrogens with one attached hydrogen (secondary N) is 3. The van der Waals surface area contributed by atoms with Crippen LogP contribution in [-0.4, -0.2) is 32.0 Å². The molecule has 0 saturated heterocycles. The number of ether oxygens (including phenoxy) is 2. The number of hydrogen-bond donors (Lipinski definition) is 4. The summed E-state index contributed by atoms with van der Waals surface area (Å²) in [5.74, 6) is -1.07. The minimum atomic E-state index is -1.11. The normalized spacial score (nSPS) is 25.1. The molecule has 1 saturated carbocycles. The van der Waals surface area contributed by atoms with Crippen LogP contribution in [-0.2, 0) is 14.3 Å². The largest absolute Gasteiger partial charge is 0.479 e. The summed E-state index contributed by atoms with van der Waals surface area (Å²) >= 11 is 0. The SMILES string of the molecule is Cc1nc(NNC2=C(O)OC3(CCC(c4ccccc4)CC3)OC2=O)n[nH]1.[HH]. The predicted molar refractivity (Wildman–Crippen MR) is 97.2 cm³/mol. The van der Waals surface area contributed by atoms with Gasteiger partial charge in [0.15, 0.2) is 0 Å². The van der Waals surface area contributed by atoms with Crippen LogP contribution in [0, 0.1) is 6.92 Å². The summed E-state index contributed by atoms with van der Waals surface area (Å²) in [6.07, 6.45) is 2.65. The Morgan fingerprint density at radius 2 is 1.96 bits per heavy atom. The van der Waals surface area contributed by atoms with Crippen molar-refractivity contribution < 1.29 is 20.8 Å². The van der Waals surface area contributed by atoms with Crippen molar-refractivity contribution in [3.8, 4) is 0 Å². The summed E-state index contributed by atoms with van der Waals surface area (Å²) in [5, 5.41) is 16.7. The second-order valence-electron chi connectivity index (χ2n) is 6.76. The molecular weight excluding hydrogens is 350 g/mol. The highest BCUT2D eigenvalue weighted by atomic mass is 16.8. The fourth-order valence-corrected chi connectivity index (χ4v) is 3.50. The van der Waals surface area contributed by atoms with E-state index in [1.807, 2.05) is 18.2 Å². The second-order valence-corrected chi connectivity index (χ2v) is 6.76. The maximum atomic E-state index is 12.4. The first-order valence-corrected chi connectivity index (χ1v) is 8.86. The molecule has 1 aromatic heterocycles. The van der Waals surface area contributed by atoms with Crippen LogP contribution in [0.15, 0.2) is 42.0 Å². The monoisotopic (exact) mass is 373 g/mol. The molecule has 1 aliphatic carbocycles. The molecule has 0 unspecified atom stereocenters. The number of aliphatic hydroxyl groups is 1. The number of hydrazine groups is 1. The molecule has 0 bridgehead atoms. The van der Waals surface area contributed by atoms with E-state index in [1.54, 1.807) is 6.92 Å². The lowest BCUT2D eigenvalue weighted by Crippen LogP contribution is -2.47. The van der Waals surface area contributed by atoms with Crippen molar-refractivity contribution in [2.75, 3.05) is 5.43 Å². The number of anilines is 1. The Morgan fingerprint density at radius 1 is 1.22 bits per heavy atom. The Morgan fingerprint density at radius 3 is 2.59 bits per heavy atom. The lowest BCUT2D eigenvalue weighted by atomic mass is 9.81. The van der Waals surface area contributed by atoms with Gasteiger partial charge in [-0.2, -0.15) is 4.98 Å². The average Bonchev–Trinajstić information content (AvgIpc) is 3.07. The van der Waals surface area contributed by atoms with Crippen molar-refractivity contribution in [3.05, 3.63) is 53.4 Å². The number of carbonyl (C=O) groups excluding carboxylic acids is 1. The van der Waals surface area contributed by atoms with E-state index in [9.17, 15) is 9.90 Å². The van der Waals surface area contributed by atoms with Gasteiger partial charge in [-0.15, -0.1) is 5.10 Å². The first kappa shape index (κ1) is 17.2. The minimum Gasteiger partial charge on any atom is -0.479 e. The standard InChI is InChI=1S/C18H21N5O4.H2/c1-11-19-17(22-20-11)23-21-14-15(24)26-18(27-16(14)25)9-7-13(8-10-18)12-5-3-2-4-6-12;/h2-6,13,21,24H,7-10H2,1H3,(H2,19,20,22,23);1H. The number of nitrogens with zero attached hydrogens (tertiary/aromatic N) is 2. The molecule has 0 atom stereocenters. The fraction of sp³-hybridized carbons (Fsp3) is 0.389. The topological polar surface area (TPSA) is 121 Å². The van der Waals surface area contributed by atoms with Gasteiger partial charge in [0.05, 0.1) is 0 Å². The van der Waals surface area contributed by atoms with E-state index >= 15 is 0 Å². The molecule has 2 aliphatic rings. The third-order valence-electron chi connectivity index (χ3n) is 4.89. The van der Waals surface area contributed by atoms with Gasteiger partial charge >= 0.3 is 11.9 Å². The van der Waals surface area contributed by atoms with Gasteiger partial charge in [-0.1, -0.05) is 30.3 Å². The van der Waals surface area contributed by atoms with Crippen LogP contribution >= 0.6 is 0 Å². The quantitative estimate of drug-likeness (QED) is 0.477. The molecule has 0 amide bonds. The van der Waals surface area contributed by atoms with Gasteiger partial charge in [0.1, 0.15) is 5.82 Å². The smallest absolute Gasteiger partial charge is 0.367 e. The Kier molecular flexibility index (Phi) is 4.35. The number of aromatic amines is 1. The van der Waals surface area contributed by atoms with Crippen molar-refractivity contribution in [2.24, 2.45) is 0 Å². The molecule has 144 valence electrons. The first-order valence-electron chi connectivity index (χ1n) is 8.86. The number of carbonyl (C=O) groups is 1. The number of esters is 1. The molecule has 0 radical (unpaired) electrons. The first-order chi connectivity index (χ1) is 13.0. The number of benzene rings is 1. The van der Waals surface area contributed by atoms with Gasteiger partial charge in [0.2, 0.25) is 5.70 Å². The third kappa shape index (κ3) is 3.53. The molecule has 4 rings (SSSR count). The van der Waals surface area contributed by atoms with E-state index in [0.717, 1.165) is 12.8 Å².